The molecule has 1 saturated carbocycles. The second-order valence-corrected chi connectivity index (χ2v) is 5.71. The van der Waals surface area contributed by atoms with Gasteiger partial charge in [0, 0.05) is 12.6 Å². The Morgan fingerprint density at radius 1 is 1.47 bits per heavy atom. The summed E-state index contributed by atoms with van der Waals surface area (Å²) in [5, 5.41) is 4.24. The molecule has 1 heterocycles. The van der Waals surface area contributed by atoms with Crippen LogP contribution in [-0.4, -0.2) is 15.9 Å². The number of aromatic nitrogens is 2. The van der Waals surface area contributed by atoms with Crippen molar-refractivity contribution in [3.05, 3.63) is 39.4 Å². The van der Waals surface area contributed by atoms with Gasteiger partial charge in [0.05, 0.1) is 28.1 Å². The molecule has 1 aliphatic rings. The largest absolute Gasteiger partial charge is 0.501 e. The fourth-order valence-electron chi connectivity index (χ4n) is 2.00. The van der Waals surface area contributed by atoms with Crippen molar-refractivity contribution in [2.24, 2.45) is 7.05 Å². The summed E-state index contributed by atoms with van der Waals surface area (Å²) >= 11 is 2.24. The van der Waals surface area contributed by atoms with Gasteiger partial charge in [0.15, 0.2) is 0 Å². The Morgan fingerprint density at radius 3 is 2.84 bits per heavy atom. The van der Waals surface area contributed by atoms with Gasteiger partial charge in [0.25, 0.3) is 0 Å². The summed E-state index contributed by atoms with van der Waals surface area (Å²) in [6.07, 6.45) is 4.27. The van der Waals surface area contributed by atoms with E-state index in [4.69, 9.17) is 11.3 Å². The van der Waals surface area contributed by atoms with Gasteiger partial charge in [-0.1, -0.05) is 12.1 Å². The van der Waals surface area contributed by atoms with Crippen LogP contribution in [0.15, 0.2) is 24.4 Å². The number of hydrogen-bond donors (Lipinski definition) is 0. The van der Waals surface area contributed by atoms with Gasteiger partial charge in [-0.3, -0.25) is 4.68 Å². The number of halogens is 1. The second-order valence-electron chi connectivity index (χ2n) is 4.55. The van der Waals surface area contributed by atoms with Crippen molar-refractivity contribution in [2.45, 2.75) is 18.9 Å². The van der Waals surface area contributed by atoms with Crippen LogP contribution in [0.5, 0.6) is 5.75 Å². The summed E-state index contributed by atoms with van der Waals surface area (Å²) in [6, 6.07) is 5.76. The Morgan fingerprint density at radius 2 is 2.26 bits per heavy atom. The molecule has 0 bridgehead atoms. The van der Waals surface area contributed by atoms with Crippen LogP contribution in [0, 0.1) is 10.1 Å². The number of ether oxygens (including phenoxy) is 1. The first-order chi connectivity index (χ1) is 9.20. The van der Waals surface area contributed by atoms with Gasteiger partial charge in [-0.25, -0.2) is 4.85 Å². The Balaban J connectivity index is 2.13. The quantitative estimate of drug-likeness (QED) is 0.612. The molecule has 1 aliphatic carbocycles. The molecule has 0 N–H and O–H groups in total. The maximum atomic E-state index is 7.45. The number of hydrogen-bond acceptors (Lipinski definition) is 2. The van der Waals surface area contributed by atoms with Crippen LogP contribution >= 0.6 is 22.6 Å². The molecule has 1 fully saturated rings. The highest BCUT2D eigenvalue weighted by Gasteiger charge is 2.26. The Bertz CT molecular complexity index is 648. The minimum Gasteiger partial charge on any atom is -0.501 e. The van der Waals surface area contributed by atoms with Crippen LogP contribution in [0.25, 0.3) is 16.1 Å². The van der Waals surface area contributed by atoms with Gasteiger partial charge in [0.2, 0.25) is 5.69 Å². The van der Waals surface area contributed by atoms with E-state index < -0.39 is 0 Å². The Kier molecular flexibility index (Phi) is 3.19. The van der Waals surface area contributed by atoms with Crippen LogP contribution in [0.1, 0.15) is 12.8 Å². The van der Waals surface area contributed by atoms with E-state index in [1.165, 1.54) is 0 Å². The first-order valence-electron chi connectivity index (χ1n) is 6.05. The molecule has 0 unspecified atom stereocenters. The zero-order valence-corrected chi connectivity index (χ0v) is 12.6. The van der Waals surface area contributed by atoms with Crippen molar-refractivity contribution in [3.8, 4) is 17.0 Å². The molecule has 0 spiro atoms. The Hall–Kier alpha value is -1.55. The number of para-hydroxylation sites is 1. The molecule has 0 amide bonds. The molecule has 0 aliphatic heterocycles. The van der Waals surface area contributed by atoms with E-state index in [-0.39, 0.29) is 0 Å². The lowest BCUT2D eigenvalue weighted by molar-refractivity contribution is 0.305. The lowest BCUT2D eigenvalue weighted by atomic mass is 10.1. The fourth-order valence-corrected chi connectivity index (χ4v) is 2.77. The third-order valence-electron chi connectivity index (χ3n) is 3.08. The van der Waals surface area contributed by atoms with E-state index in [0.717, 1.165) is 27.7 Å². The number of rotatable bonds is 3. The molecule has 0 atom stereocenters. The van der Waals surface area contributed by atoms with Gasteiger partial charge >= 0.3 is 0 Å². The molecule has 0 radical (unpaired) electrons. The molecule has 2 aromatic rings. The average molecular weight is 365 g/mol. The minimum atomic E-state index is 0.293. The summed E-state index contributed by atoms with van der Waals surface area (Å²) in [5.74, 6) is 0.687. The average Bonchev–Trinajstić information content (AvgIpc) is 3.15. The SMILES string of the molecule is [C-]#[N+]c1c(OC2CC2)cccc1-c1c(I)cnn1C. The van der Waals surface area contributed by atoms with Crippen LogP contribution in [0.4, 0.5) is 5.69 Å². The lowest BCUT2D eigenvalue weighted by Crippen LogP contribution is -1.98. The molecule has 5 heteroatoms. The van der Waals surface area contributed by atoms with E-state index in [1.807, 2.05) is 25.2 Å². The minimum absolute atomic E-state index is 0.293. The highest BCUT2D eigenvalue weighted by molar-refractivity contribution is 14.1. The van der Waals surface area contributed by atoms with Crippen molar-refractivity contribution in [1.82, 2.24) is 9.78 Å². The van der Waals surface area contributed by atoms with Crippen LogP contribution in [0.2, 0.25) is 0 Å². The van der Waals surface area contributed by atoms with E-state index >= 15 is 0 Å². The van der Waals surface area contributed by atoms with Gasteiger partial charge in [-0.2, -0.15) is 5.10 Å². The summed E-state index contributed by atoms with van der Waals surface area (Å²) in [7, 11) is 1.89. The summed E-state index contributed by atoms with van der Waals surface area (Å²) in [6.45, 7) is 7.45. The fraction of sp³-hybridized carbons (Fsp3) is 0.286. The molecule has 19 heavy (non-hydrogen) atoms. The second kappa shape index (κ2) is 4.85. The van der Waals surface area contributed by atoms with E-state index in [2.05, 4.69) is 32.5 Å². The molecule has 0 saturated heterocycles. The summed E-state index contributed by atoms with van der Waals surface area (Å²) < 4.78 is 8.65. The van der Waals surface area contributed by atoms with Gasteiger partial charge in [-0.05, 0) is 41.5 Å². The normalized spacial score (nSPS) is 14.2. The zero-order valence-electron chi connectivity index (χ0n) is 10.4. The van der Waals surface area contributed by atoms with Crippen molar-refractivity contribution >= 4 is 28.3 Å². The van der Waals surface area contributed by atoms with Crippen molar-refractivity contribution in [3.63, 3.8) is 0 Å². The zero-order chi connectivity index (χ0) is 13.4. The topological polar surface area (TPSA) is 31.4 Å². The summed E-state index contributed by atoms with van der Waals surface area (Å²) in [5.41, 5.74) is 2.43. The molecular formula is C14H12IN3O. The van der Waals surface area contributed by atoms with Gasteiger partial charge in [-0.15, -0.1) is 0 Å². The van der Waals surface area contributed by atoms with Gasteiger partial charge in [0.1, 0.15) is 5.75 Å². The molecule has 96 valence electrons. The summed E-state index contributed by atoms with van der Waals surface area (Å²) in [4.78, 5) is 3.67. The van der Waals surface area contributed by atoms with Crippen molar-refractivity contribution in [1.29, 1.82) is 0 Å². The number of benzene rings is 1. The highest BCUT2D eigenvalue weighted by Crippen LogP contribution is 2.41. The van der Waals surface area contributed by atoms with Crippen molar-refractivity contribution < 1.29 is 4.74 Å². The lowest BCUT2D eigenvalue weighted by Gasteiger charge is -2.11. The molecule has 3 rings (SSSR count). The smallest absolute Gasteiger partial charge is 0.237 e. The molecule has 1 aromatic carbocycles. The van der Waals surface area contributed by atoms with E-state index in [0.29, 0.717) is 17.5 Å². The first kappa shape index (κ1) is 12.5. The molecule has 1 aromatic heterocycles. The monoisotopic (exact) mass is 365 g/mol. The third-order valence-corrected chi connectivity index (χ3v) is 3.87. The maximum Gasteiger partial charge on any atom is 0.237 e. The highest BCUT2D eigenvalue weighted by atomic mass is 127. The maximum absolute atomic E-state index is 7.45. The van der Waals surface area contributed by atoms with Crippen LogP contribution < -0.4 is 4.74 Å². The predicted octanol–water partition coefficient (Wildman–Crippen LogP) is 3.78. The van der Waals surface area contributed by atoms with Crippen LogP contribution in [-0.2, 0) is 7.05 Å². The predicted molar refractivity (Wildman–Crippen MR) is 81.3 cm³/mol. The standard InChI is InChI=1S/C14H12IN3O/c1-16-13-10(14-11(15)8-17-18(14)2)4-3-5-12(13)19-9-6-7-9/h3-5,8-9H,6-7H2,2H3. The number of aryl methyl sites for hydroxylation is 1. The van der Waals surface area contributed by atoms with E-state index in [1.54, 1.807) is 10.9 Å². The Labute approximate surface area is 125 Å². The van der Waals surface area contributed by atoms with Crippen molar-refractivity contribution in [2.75, 3.05) is 0 Å². The molecule has 4 nitrogen and oxygen atoms in total. The number of nitrogens with zero attached hydrogens (tertiary/aromatic N) is 3. The van der Waals surface area contributed by atoms with Crippen LogP contribution in [0.3, 0.4) is 0 Å². The third kappa shape index (κ3) is 2.32. The van der Waals surface area contributed by atoms with E-state index in [9.17, 15) is 0 Å². The molecular weight excluding hydrogens is 353 g/mol. The van der Waals surface area contributed by atoms with Gasteiger partial charge < -0.3 is 4.74 Å². The first-order valence-corrected chi connectivity index (χ1v) is 7.13.